The fraction of sp³-hybridized carbons (Fsp3) is 0.526. The second kappa shape index (κ2) is 6.17. The monoisotopic (exact) mass is 344 g/mol. The van der Waals surface area contributed by atoms with Crippen molar-refractivity contribution < 1.29 is 19.1 Å². The van der Waals surface area contributed by atoms with Crippen LogP contribution in [0.4, 0.5) is 5.69 Å². The van der Waals surface area contributed by atoms with Crippen molar-refractivity contribution in [3.8, 4) is 0 Å². The molecule has 0 unspecified atom stereocenters. The summed E-state index contributed by atoms with van der Waals surface area (Å²) < 4.78 is 5.51. The van der Waals surface area contributed by atoms with Gasteiger partial charge in [0.15, 0.2) is 0 Å². The zero-order chi connectivity index (χ0) is 18.4. The number of nitrogens with zero attached hydrogens (tertiary/aromatic N) is 2. The molecule has 0 bridgehead atoms. The van der Waals surface area contributed by atoms with Crippen LogP contribution in [0.15, 0.2) is 24.3 Å². The summed E-state index contributed by atoms with van der Waals surface area (Å²) in [5.41, 5.74) is -0.446. The smallest absolute Gasteiger partial charge is 0.353 e. The lowest BCUT2D eigenvalue weighted by Crippen LogP contribution is -2.70. The van der Waals surface area contributed by atoms with Gasteiger partial charge in [-0.1, -0.05) is 26.0 Å². The predicted octanol–water partition coefficient (Wildman–Crippen LogP) is 2.57. The number of hydrogen-bond acceptors (Lipinski definition) is 4. The molecular weight excluding hydrogens is 320 g/mol. The van der Waals surface area contributed by atoms with E-state index in [2.05, 4.69) is 0 Å². The largest absolute Gasteiger partial charge is 0.462 e. The number of fused-ring (bicyclic) bond motifs is 3. The Balaban J connectivity index is 2.17. The van der Waals surface area contributed by atoms with E-state index in [1.165, 1.54) is 9.80 Å². The number of carbonyl (C=O) groups excluding carboxylic acids is 3. The molecule has 1 aromatic carbocycles. The fourth-order valence-corrected chi connectivity index (χ4v) is 3.73. The molecule has 2 heterocycles. The maximum atomic E-state index is 13.1. The average Bonchev–Trinajstić information content (AvgIpc) is 2.91. The summed E-state index contributed by atoms with van der Waals surface area (Å²) >= 11 is 0. The standard InChI is InChI=1S/C19H24N2O4/c1-12(2)11-25-18(24)19-10-9-16(22)21(19)15-8-6-5-7-14(15)17(23)20(19)13(3)4/h5-8,12-13H,9-11H2,1-4H3/t19-/m1/s1. The number of anilines is 1. The molecule has 1 atom stereocenters. The van der Waals surface area contributed by atoms with Gasteiger partial charge in [0.1, 0.15) is 0 Å². The molecule has 2 aliphatic rings. The van der Waals surface area contributed by atoms with Crippen LogP contribution < -0.4 is 4.90 Å². The van der Waals surface area contributed by atoms with E-state index in [1.54, 1.807) is 24.3 Å². The van der Waals surface area contributed by atoms with Crippen molar-refractivity contribution >= 4 is 23.5 Å². The lowest BCUT2D eigenvalue weighted by molar-refractivity contribution is -0.159. The van der Waals surface area contributed by atoms with Crippen molar-refractivity contribution in [1.29, 1.82) is 0 Å². The van der Waals surface area contributed by atoms with Gasteiger partial charge in [-0.3, -0.25) is 14.5 Å². The number of ether oxygens (including phenoxy) is 1. The SMILES string of the molecule is CC(C)COC(=O)[C@@]12CCC(=O)N1c1ccccc1C(=O)N2C(C)C. The van der Waals surface area contributed by atoms with E-state index in [9.17, 15) is 14.4 Å². The number of esters is 1. The van der Waals surface area contributed by atoms with Crippen LogP contribution >= 0.6 is 0 Å². The van der Waals surface area contributed by atoms with Gasteiger partial charge >= 0.3 is 5.97 Å². The molecule has 2 aliphatic heterocycles. The molecule has 0 aromatic heterocycles. The van der Waals surface area contributed by atoms with Gasteiger partial charge in [-0.05, 0) is 31.9 Å². The van der Waals surface area contributed by atoms with Crippen LogP contribution in [-0.2, 0) is 14.3 Å². The van der Waals surface area contributed by atoms with E-state index in [1.807, 2.05) is 27.7 Å². The Hall–Kier alpha value is -2.37. The molecule has 0 aliphatic carbocycles. The van der Waals surface area contributed by atoms with Gasteiger partial charge in [-0.15, -0.1) is 0 Å². The maximum absolute atomic E-state index is 13.1. The number of amides is 2. The molecule has 3 rings (SSSR count). The molecule has 6 nitrogen and oxygen atoms in total. The Morgan fingerprint density at radius 1 is 1.20 bits per heavy atom. The summed E-state index contributed by atoms with van der Waals surface area (Å²) in [7, 11) is 0. The molecule has 134 valence electrons. The molecule has 0 N–H and O–H groups in total. The van der Waals surface area contributed by atoms with Crippen molar-refractivity contribution in [2.45, 2.75) is 52.2 Å². The molecule has 0 radical (unpaired) electrons. The molecule has 1 fully saturated rings. The first kappa shape index (κ1) is 17.5. The van der Waals surface area contributed by atoms with Crippen LogP contribution in [-0.4, -0.2) is 41.0 Å². The maximum Gasteiger partial charge on any atom is 0.353 e. The normalized spacial score (nSPS) is 22.5. The zero-order valence-corrected chi connectivity index (χ0v) is 15.1. The van der Waals surface area contributed by atoms with Crippen molar-refractivity contribution in [3.63, 3.8) is 0 Å². The highest BCUT2D eigenvalue weighted by molar-refractivity contribution is 6.15. The quantitative estimate of drug-likeness (QED) is 0.788. The van der Waals surface area contributed by atoms with E-state index in [0.717, 1.165) is 0 Å². The highest BCUT2D eigenvalue weighted by Crippen LogP contribution is 2.45. The second-order valence-electron chi connectivity index (χ2n) is 7.32. The highest BCUT2D eigenvalue weighted by atomic mass is 16.5. The van der Waals surface area contributed by atoms with Crippen molar-refractivity contribution in [3.05, 3.63) is 29.8 Å². The topological polar surface area (TPSA) is 66.9 Å². The summed E-state index contributed by atoms with van der Waals surface area (Å²) in [6, 6.07) is 6.70. The molecule has 6 heteroatoms. The summed E-state index contributed by atoms with van der Waals surface area (Å²) in [5, 5.41) is 0. The van der Waals surface area contributed by atoms with E-state index in [0.29, 0.717) is 11.3 Å². The van der Waals surface area contributed by atoms with E-state index in [4.69, 9.17) is 4.74 Å². The molecule has 1 aromatic rings. The van der Waals surface area contributed by atoms with Crippen LogP contribution in [0.1, 0.15) is 50.9 Å². The Labute approximate surface area is 147 Å². The van der Waals surface area contributed by atoms with Crippen LogP contribution in [0.25, 0.3) is 0 Å². The lowest BCUT2D eigenvalue weighted by atomic mass is 9.95. The molecule has 0 saturated carbocycles. The van der Waals surface area contributed by atoms with E-state index >= 15 is 0 Å². The number of carbonyl (C=O) groups is 3. The van der Waals surface area contributed by atoms with Crippen LogP contribution in [0.5, 0.6) is 0 Å². The summed E-state index contributed by atoms with van der Waals surface area (Å²) in [4.78, 5) is 41.9. The third-order valence-electron chi connectivity index (χ3n) is 4.69. The van der Waals surface area contributed by atoms with Crippen LogP contribution in [0.3, 0.4) is 0 Å². The molecule has 1 saturated heterocycles. The summed E-state index contributed by atoms with van der Waals surface area (Å²) in [5.74, 6) is -0.751. The van der Waals surface area contributed by atoms with Crippen LogP contribution in [0, 0.1) is 5.92 Å². The van der Waals surface area contributed by atoms with Gasteiger partial charge in [0, 0.05) is 18.9 Å². The number of rotatable bonds is 4. The van der Waals surface area contributed by atoms with Gasteiger partial charge in [0.2, 0.25) is 11.6 Å². The highest BCUT2D eigenvalue weighted by Gasteiger charge is 2.62. The lowest BCUT2D eigenvalue weighted by Gasteiger charge is -2.50. The minimum Gasteiger partial charge on any atom is -0.462 e. The first-order valence-electron chi connectivity index (χ1n) is 8.73. The third-order valence-corrected chi connectivity index (χ3v) is 4.69. The van der Waals surface area contributed by atoms with Crippen molar-refractivity contribution in [1.82, 2.24) is 4.90 Å². The minimum absolute atomic E-state index is 0.160. The Morgan fingerprint density at radius 3 is 2.52 bits per heavy atom. The molecule has 25 heavy (non-hydrogen) atoms. The Bertz CT molecular complexity index is 728. The fourth-order valence-electron chi connectivity index (χ4n) is 3.73. The van der Waals surface area contributed by atoms with Gasteiger partial charge in [0.25, 0.3) is 5.91 Å². The van der Waals surface area contributed by atoms with E-state index < -0.39 is 11.6 Å². The minimum atomic E-state index is -1.38. The molecule has 2 amide bonds. The van der Waals surface area contributed by atoms with Gasteiger partial charge in [-0.2, -0.15) is 0 Å². The average molecular weight is 344 g/mol. The zero-order valence-electron chi connectivity index (χ0n) is 15.1. The number of benzene rings is 1. The predicted molar refractivity (Wildman–Crippen MR) is 93.0 cm³/mol. The van der Waals surface area contributed by atoms with E-state index in [-0.39, 0.29) is 43.2 Å². The number of para-hydroxylation sites is 1. The first-order chi connectivity index (χ1) is 11.8. The molecule has 0 spiro atoms. The third kappa shape index (κ3) is 2.51. The van der Waals surface area contributed by atoms with Gasteiger partial charge < -0.3 is 9.64 Å². The van der Waals surface area contributed by atoms with Gasteiger partial charge in [-0.25, -0.2) is 4.79 Å². The summed E-state index contributed by atoms with van der Waals surface area (Å²) in [6.07, 6.45) is 0.461. The van der Waals surface area contributed by atoms with Crippen LogP contribution in [0.2, 0.25) is 0 Å². The Kier molecular flexibility index (Phi) is 4.31. The first-order valence-corrected chi connectivity index (χ1v) is 8.73. The van der Waals surface area contributed by atoms with Gasteiger partial charge in [0.05, 0.1) is 17.9 Å². The second-order valence-corrected chi connectivity index (χ2v) is 7.32. The van der Waals surface area contributed by atoms with Crippen molar-refractivity contribution in [2.75, 3.05) is 11.5 Å². The van der Waals surface area contributed by atoms with Crippen molar-refractivity contribution in [2.24, 2.45) is 5.92 Å². The molecular formula is C19H24N2O4. The number of hydrogen-bond donors (Lipinski definition) is 0. The summed E-state index contributed by atoms with van der Waals surface area (Å²) in [6.45, 7) is 7.85. The Morgan fingerprint density at radius 2 is 1.88 bits per heavy atom.